The van der Waals surface area contributed by atoms with E-state index in [2.05, 4.69) is 9.73 Å². The van der Waals surface area contributed by atoms with Crippen LogP contribution in [0.5, 0.6) is 0 Å². The van der Waals surface area contributed by atoms with Gasteiger partial charge in [0.15, 0.2) is 6.04 Å². The molecule has 1 aromatic rings. The SMILES string of the molecule is O=C1OC(C(F)(F)F)=NC1c1ccccc1Cl. The first kappa shape index (κ1) is 11.9. The Balaban J connectivity index is 2.38. The van der Waals surface area contributed by atoms with Gasteiger partial charge in [0, 0.05) is 10.6 Å². The van der Waals surface area contributed by atoms with E-state index >= 15 is 0 Å². The molecule has 1 atom stereocenters. The summed E-state index contributed by atoms with van der Waals surface area (Å²) in [5, 5.41) is 0.168. The van der Waals surface area contributed by atoms with Crippen LogP contribution in [0.2, 0.25) is 5.02 Å². The van der Waals surface area contributed by atoms with Gasteiger partial charge in [0.2, 0.25) is 0 Å². The molecule has 0 radical (unpaired) electrons. The molecular weight excluding hydrogens is 259 g/mol. The molecule has 0 aromatic heterocycles. The van der Waals surface area contributed by atoms with Gasteiger partial charge in [0.05, 0.1) is 0 Å². The van der Waals surface area contributed by atoms with Crippen molar-refractivity contribution in [2.45, 2.75) is 12.2 Å². The van der Waals surface area contributed by atoms with Crippen molar-refractivity contribution >= 4 is 23.5 Å². The van der Waals surface area contributed by atoms with Crippen molar-refractivity contribution in [3.63, 3.8) is 0 Å². The maximum absolute atomic E-state index is 12.3. The molecule has 17 heavy (non-hydrogen) atoms. The number of rotatable bonds is 1. The van der Waals surface area contributed by atoms with Gasteiger partial charge in [-0.2, -0.15) is 13.2 Å². The minimum absolute atomic E-state index is 0.168. The molecule has 1 unspecified atom stereocenters. The van der Waals surface area contributed by atoms with Crippen LogP contribution < -0.4 is 0 Å². The van der Waals surface area contributed by atoms with Crippen LogP contribution in [0, 0.1) is 0 Å². The summed E-state index contributed by atoms with van der Waals surface area (Å²) in [6.45, 7) is 0. The van der Waals surface area contributed by atoms with E-state index in [0.29, 0.717) is 0 Å². The van der Waals surface area contributed by atoms with E-state index in [-0.39, 0.29) is 10.6 Å². The Morgan fingerprint density at radius 2 is 1.94 bits per heavy atom. The van der Waals surface area contributed by atoms with Crippen LogP contribution in [-0.4, -0.2) is 18.0 Å². The molecule has 0 spiro atoms. The minimum Gasteiger partial charge on any atom is -0.401 e. The third kappa shape index (κ3) is 2.26. The van der Waals surface area contributed by atoms with Crippen LogP contribution in [0.3, 0.4) is 0 Å². The molecule has 0 aliphatic carbocycles. The molecule has 0 amide bonds. The monoisotopic (exact) mass is 263 g/mol. The Morgan fingerprint density at radius 3 is 2.47 bits per heavy atom. The summed E-state index contributed by atoms with van der Waals surface area (Å²) < 4.78 is 40.9. The van der Waals surface area contributed by atoms with Crippen LogP contribution in [0.1, 0.15) is 11.6 Å². The molecule has 7 heteroatoms. The molecule has 0 saturated heterocycles. The van der Waals surface area contributed by atoms with Gasteiger partial charge in [-0.05, 0) is 6.07 Å². The fourth-order valence-electron chi connectivity index (χ4n) is 1.37. The van der Waals surface area contributed by atoms with E-state index in [1.807, 2.05) is 0 Å². The fraction of sp³-hybridized carbons (Fsp3) is 0.200. The number of halogens is 4. The Bertz CT molecular complexity index is 499. The van der Waals surface area contributed by atoms with Gasteiger partial charge in [0.1, 0.15) is 0 Å². The van der Waals surface area contributed by atoms with Crippen molar-refractivity contribution in [3.05, 3.63) is 34.9 Å². The van der Waals surface area contributed by atoms with Gasteiger partial charge in [-0.25, -0.2) is 9.79 Å². The summed E-state index contributed by atoms with van der Waals surface area (Å²) in [4.78, 5) is 14.5. The lowest BCUT2D eigenvalue weighted by atomic mass is 10.1. The van der Waals surface area contributed by atoms with E-state index in [9.17, 15) is 18.0 Å². The van der Waals surface area contributed by atoms with Crippen molar-refractivity contribution in [1.29, 1.82) is 0 Å². The summed E-state index contributed by atoms with van der Waals surface area (Å²) >= 11 is 5.77. The van der Waals surface area contributed by atoms with Gasteiger partial charge in [-0.3, -0.25) is 0 Å². The standard InChI is InChI=1S/C10H5ClF3NO2/c11-6-4-2-1-3-5(6)7-8(16)17-9(15-7)10(12,13)14/h1-4,7H. The van der Waals surface area contributed by atoms with Gasteiger partial charge in [-0.1, -0.05) is 29.8 Å². The molecule has 1 aliphatic heterocycles. The number of ether oxygens (including phenoxy) is 1. The number of carbonyl (C=O) groups excluding carboxylic acids is 1. The number of carbonyl (C=O) groups is 1. The van der Waals surface area contributed by atoms with Crippen molar-refractivity contribution in [1.82, 2.24) is 0 Å². The van der Waals surface area contributed by atoms with E-state index in [1.165, 1.54) is 12.1 Å². The Morgan fingerprint density at radius 1 is 1.29 bits per heavy atom. The third-order valence-corrected chi connectivity index (χ3v) is 2.45. The number of hydrogen-bond donors (Lipinski definition) is 0. The number of aliphatic imine (C=N–C) groups is 1. The zero-order valence-electron chi connectivity index (χ0n) is 8.16. The highest BCUT2D eigenvalue weighted by Gasteiger charge is 2.46. The highest BCUT2D eigenvalue weighted by Crippen LogP contribution is 2.33. The predicted molar refractivity (Wildman–Crippen MR) is 53.8 cm³/mol. The lowest BCUT2D eigenvalue weighted by Crippen LogP contribution is -2.23. The topological polar surface area (TPSA) is 38.7 Å². The number of esters is 1. The van der Waals surface area contributed by atoms with Crippen LogP contribution in [-0.2, 0) is 9.53 Å². The van der Waals surface area contributed by atoms with Crippen LogP contribution in [0.15, 0.2) is 29.3 Å². The second-order valence-electron chi connectivity index (χ2n) is 3.28. The summed E-state index contributed by atoms with van der Waals surface area (Å²) in [7, 11) is 0. The molecule has 0 N–H and O–H groups in total. The largest absolute Gasteiger partial charge is 0.468 e. The summed E-state index contributed by atoms with van der Waals surface area (Å²) in [6, 6.07) is 4.69. The van der Waals surface area contributed by atoms with E-state index in [0.717, 1.165) is 0 Å². The van der Waals surface area contributed by atoms with Crippen molar-refractivity contribution in [3.8, 4) is 0 Å². The summed E-state index contributed by atoms with van der Waals surface area (Å²) in [6.07, 6.45) is -4.77. The molecule has 90 valence electrons. The highest BCUT2D eigenvalue weighted by atomic mass is 35.5. The lowest BCUT2D eigenvalue weighted by molar-refractivity contribution is -0.139. The zero-order chi connectivity index (χ0) is 12.6. The second-order valence-corrected chi connectivity index (χ2v) is 3.68. The molecule has 1 aliphatic rings. The maximum Gasteiger partial charge on any atom is 0.468 e. The highest BCUT2D eigenvalue weighted by molar-refractivity contribution is 6.31. The number of nitrogens with zero attached hydrogens (tertiary/aromatic N) is 1. The summed E-state index contributed by atoms with van der Waals surface area (Å²) in [5.41, 5.74) is 0.193. The van der Waals surface area contributed by atoms with E-state index in [4.69, 9.17) is 11.6 Å². The van der Waals surface area contributed by atoms with Gasteiger partial charge >= 0.3 is 18.0 Å². The van der Waals surface area contributed by atoms with Gasteiger partial charge in [0.25, 0.3) is 0 Å². The Kier molecular flexibility index (Phi) is 2.82. The molecule has 0 bridgehead atoms. The van der Waals surface area contributed by atoms with Crippen molar-refractivity contribution < 1.29 is 22.7 Å². The average Bonchev–Trinajstić information content (AvgIpc) is 2.61. The first-order valence-electron chi connectivity index (χ1n) is 4.50. The maximum atomic E-state index is 12.3. The Hall–Kier alpha value is -1.56. The average molecular weight is 264 g/mol. The number of hydrogen-bond acceptors (Lipinski definition) is 3. The van der Waals surface area contributed by atoms with Crippen molar-refractivity contribution in [2.75, 3.05) is 0 Å². The van der Waals surface area contributed by atoms with Crippen LogP contribution in [0.25, 0.3) is 0 Å². The van der Waals surface area contributed by atoms with Crippen LogP contribution >= 0.6 is 11.6 Å². The summed E-state index contributed by atoms with van der Waals surface area (Å²) in [5.74, 6) is -2.61. The quantitative estimate of drug-likeness (QED) is 0.731. The van der Waals surface area contributed by atoms with Crippen molar-refractivity contribution in [2.24, 2.45) is 4.99 Å². The zero-order valence-corrected chi connectivity index (χ0v) is 8.92. The fourth-order valence-corrected chi connectivity index (χ4v) is 1.61. The molecular formula is C10H5ClF3NO2. The molecule has 0 saturated carbocycles. The first-order valence-corrected chi connectivity index (χ1v) is 4.88. The normalized spacial score (nSPS) is 20.1. The van der Waals surface area contributed by atoms with E-state index in [1.54, 1.807) is 12.1 Å². The minimum atomic E-state index is -4.77. The lowest BCUT2D eigenvalue weighted by Gasteiger charge is -2.05. The predicted octanol–water partition coefficient (Wildman–Crippen LogP) is 2.90. The Labute approximate surface area is 98.9 Å². The van der Waals surface area contributed by atoms with Gasteiger partial charge in [-0.15, -0.1) is 0 Å². The first-order chi connectivity index (χ1) is 7.89. The number of benzene rings is 1. The number of cyclic esters (lactones) is 1. The molecule has 1 aromatic carbocycles. The second kappa shape index (κ2) is 4.03. The molecule has 2 rings (SSSR count). The van der Waals surface area contributed by atoms with Gasteiger partial charge < -0.3 is 4.74 Å². The molecule has 1 heterocycles. The molecule has 3 nitrogen and oxygen atoms in total. The third-order valence-electron chi connectivity index (χ3n) is 2.11. The van der Waals surface area contributed by atoms with E-state index < -0.39 is 24.1 Å². The number of alkyl halides is 3. The smallest absolute Gasteiger partial charge is 0.401 e. The van der Waals surface area contributed by atoms with Crippen LogP contribution in [0.4, 0.5) is 13.2 Å². The molecule has 0 fully saturated rings.